The van der Waals surface area contributed by atoms with Crippen molar-refractivity contribution in [2.45, 2.75) is 58.3 Å². The zero-order chi connectivity index (χ0) is 36.7. The number of aromatic nitrogens is 1. The van der Waals surface area contributed by atoms with Crippen LogP contribution in [0.2, 0.25) is 0 Å². The second kappa shape index (κ2) is 14.6. The Labute approximate surface area is 303 Å². The minimum Gasteiger partial charge on any atom is -0.507 e. The first-order valence-corrected chi connectivity index (χ1v) is 17.6. The van der Waals surface area contributed by atoms with E-state index in [0.29, 0.717) is 46.8 Å². The van der Waals surface area contributed by atoms with Gasteiger partial charge in [0.1, 0.15) is 36.0 Å². The predicted molar refractivity (Wildman–Crippen MR) is 191 cm³/mol. The Morgan fingerprint density at radius 3 is 2.13 bits per heavy atom. The van der Waals surface area contributed by atoms with Crippen LogP contribution < -0.4 is 14.2 Å². The van der Waals surface area contributed by atoms with Gasteiger partial charge in [0.15, 0.2) is 23.6 Å². The third kappa shape index (κ3) is 6.27. The lowest BCUT2D eigenvalue weighted by Gasteiger charge is -2.45. The maximum absolute atomic E-state index is 14.8. The number of benzene rings is 3. The number of rotatable bonds is 12. The summed E-state index contributed by atoms with van der Waals surface area (Å²) in [5, 5.41) is 16.4. The van der Waals surface area contributed by atoms with E-state index in [4.69, 9.17) is 28.2 Å². The first-order valence-electron chi connectivity index (χ1n) is 17.6. The third-order valence-electron chi connectivity index (χ3n) is 10.2. The highest BCUT2D eigenvalue weighted by Gasteiger charge is 2.57. The number of fused-ring (bicyclic) bond motifs is 4. The Hall–Kier alpha value is -4.97. The molecule has 1 unspecified atom stereocenters. The van der Waals surface area contributed by atoms with Gasteiger partial charge in [-0.1, -0.05) is 60.7 Å². The van der Waals surface area contributed by atoms with Crippen LogP contribution in [0.5, 0.6) is 17.4 Å². The van der Waals surface area contributed by atoms with Gasteiger partial charge in [-0.15, -0.1) is 0 Å². The Balaban J connectivity index is 1.34. The van der Waals surface area contributed by atoms with Crippen molar-refractivity contribution in [1.82, 2.24) is 10.1 Å². The lowest BCUT2D eigenvalue weighted by Crippen LogP contribution is -2.49. The number of carbonyl (C=O) groups is 2. The molecule has 1 fully saturated rings. The first kappa shape index (κ1) is 35.4. The molecule has 4 aromatic rings. The monoisotopic (exact) mass is 708 g/mol. The minimum absolute atomic E-state index is 0.0571. The van der Waals surface area contributed by atoms with Crippen LogP contribution in [0, 0.1) is 17.8 Å². The maximum atomic E-state index is 14.8. The molecule has 11 heteroatoms. The molecule has 1 saturated carbocycles. The number of nitrogens with zero attached hydrogens (tertiary/aromatic N) is 2. The maximum Gasteiger partial charge on any atom is 0.265 e. The highest BCUT2D eigenvalue weighted by molar-refractivity contribution is 6.20. The van der Waals surface area contributed by atoms with E-state index in [-0.39, 0.29) is 42.1 Å². The Morgan fingerprint density at radius 1 is 0.904 bits per heavy atom. The van der Waals surface area contributed by atoms with Gasteiger partial charge in [-0.3, -0.25) is 14.5 Å². The molecule has 0 amide bonds. The summed E-state index contributed by atoms with van der Waals surface area (Å²) in [4.78, 5) is 31.2. The van der Waals surface area contributed by atoms with Crippen molar-refractivity contribution in [2.75, 3.05) is 28.3 Å². The number of hydrogen-bond donors (Lipinski definition) is 1. The summed E-state index contributed by atoms with van der Waals surface area (Å²) in [6, 6.07) is 20.5. The van der Waals surface area contributed by atoms with Crippen molar-refractivity contribution in [3.63, 3.8) is 0 Å². The van der Waals surface area contributed by atoms with Gasteiger partial charge in [-0.2, -0.15) is 0 Å². The molecule has 0 saturated heterocycles. The van der Waals surface area contributed by atoms with E-state index in [1.54, 1.807) is 20.3 Å². The van der Waals surface area contributed by atoms with Crippen LogP contribution in [0.25, 0.3) is 5.76 Å². The number of hydrogen-bond acceptors (Lipinski definition) is 11. The fourth-order valence-electron chi connectivity index (χ4n) is 8.07. The number of aliphatic hydroxyl groups excluding tert-OH is 1. The number of carbonyl (C=O) groups excluding carboxylic acids is 2. The van der Waals surface area contributed by atoms with Crippen LogP contribution in [0.4, 0.5) is 0 Å². The highest BCUT2D eigenvalue weighted by atomic mass is 16.7. The van der Waals surface area contributed by atoms with E-state index in [0.717, 1.165) is 11.1 Å². The molecule has 1 N–H and O–H groups in total. The van der Waals surface area contributed by atoms with Crippen LogP contribution >= 0.6 is 0 Å². The molecule has 1 heterocycles. The minimum atomic E-state index is -1.07. The SMILES string of the molecule is COC(OC)c1cc(OCc2ccccc2)c2c(c1OC(C)C)C[C@H]1C[C@@H]3C(C(=O)C1=C2O)C(=O)c1c(OCc2ccccc2)noc1[C@H]3N(C)C. The van der Waals surface area contributed by atoms with Gasteiger partial charge in [0, 0.05) is 25.4 Å². The van der Waals surface area contributed by atoms with Crippen molar-refractivity contribution >= 4 is 17.3 Å². The molecule has 1 aromatic heterocycles. The van der Waals surface area contributed by atoms with Gasteiger partial charge in [-0.25, -0.2) is 0 Å². The van der Waals surface area contributed by atoms with E-state index < -0.39 is 41.7 Å². The van der Waals surface area contributed by atoms with Gasteiger partial charge in [0.05, 0.1) is 29.2 Å². The molecule has 0 radical (unpaired) electrons. The number of aliphatic hydroxyl groups is 1. The van der Waals surface area contributed by atoms with Crippen LogP contribution in [-0.2, 0) is 33.9 Å². The average molecular weight is 709 g/mol. The molecule has 3 aliphatic rings. The smallest absolute Gasteiger partial charge is 0.265 e. The summed E-state index contributed by atoms with van der Waals surface area (Å²) in [7, 11) is 6.88. The highest BCUT2D eigenvalue weighted by Crippen LogP contribution is 2.56. The normalized spacial score (nSPS) is 20.9. The van der Waals surface area contributed by atoms with E-state index >= 15 is 0 Å². The number of Topliss-reactive ketones (excluding diaryl/α,β-unsaturated/α-hetero) is 2. The second-order valence-electron chi connectivity index (χ2n) is 14.1. The summed E-state index contributed by atoms with van der Waals surface area (Å²) in [5.74, 6) is -1.70. The van der Waals surface area contributed by atoms with Crippen molar-refractivity contribution < 1.29 is 42.9 Å². The van der Waals surface area contributed by atoms with Crippen molar-refractivity contribution in [3.8, 4) is 17.4 Å². The molecule has 7 rings (SSSR count). The summed E-state index contributed by atoms with van der Waals surface area (Å²) in [6.07, 6.45) is -0.242. The first-order chi connectivity index (χ1) is 25.1. The Bertz CT molecular complexity index is 1980. The molecular weight excluding hydrogens is 664 g/mol. The Kier molecular flexibility index (Phi) is 9.93. The number of ether oxygens (including phenoxy) is 5. The standard InChI is InChI=1S/C41H44N2O9/c1-22(2)51-38-27-18-25-17-26-32(37(46)33-39(34(26)43(3)4)52-42-40(33)50-21-24-15-11-8-12-16-24)36(45)30(25)35(44)31(27)29(19-28(38)41(47-5)48-6)49-20-23-13-9-7-10-14-23/h7-16,19,22,25-26,32,34,41,44H,17-18,20-21H2,1-6H3/t25-,26-,32?,34+/m1/s1. The molecule has 3 aliphatic carbocycles. The molecule has 11 nitrogen and oxygen atoms in total. The van der Waals surface area contributed by atoms with Crippen molar-refractivity contribution in [1.29, 1.82) is 0 Å². The molecule has 272 valence electrons. The van der Waals surface area contributed by atoms with Gasteiger partial charge in [0.25, 0.3) is 5.88 Å². The molecule has 0 spiro atoms. The fourth-order valence-corrected chi connectivity index (χ4v) is 8.07. The predicted octanol–water partition coefficient (Wildman–Crippen LogP) is 7.06. The van der Waals surface area contributed by atoms with E-state index in [2.05, 4.69) is 5.16 Å². The van der Waals surface area contributed by atoms with Crippen LogP contribution in [-0.4, -0.2) is 61.1 Å². The number of allylic oxidation sites excluding steroid dienone is 1. The van der Waals surface area contributed by atoms with Crippen molar-refractivity contribution in [2.24, 2.45) is 17.8 Å². The van der Waals surface area contributed by atoms with E-state index in [1.807, 2.05) is 93.5 Å². The lowest BCUT2D eigenvalue weighted by atomic mass is 9.59. The van der Waals surface area contributed by atoms with Gasteiger partial charge in [0.2, 0.25) is 0 Å². The van der Waals surface area contributed by atoms with E-state index in [9.17, 15) is 14.7 Å². The summed E-state index contributed by atoms with van der Waals surface area (Å²) >= 11 is 0. The molecule has 4 atom stereocenters. The zero-order valence-corrected chi connectivity index (χ0v) is 30.3. The third-order valence-corrected chi connectivity index (χ3v) is 10.2. The van der Waals surface area contributed by atoms with Gasteiger partial charge < -0.3 is 33.3 Å². The second-order valence-corrected chi connectivity index (χ2v) is 14.1. The van der Waals surface area contributed by atoms with Crippen LogP contribution in [0.3, 0.4) is 0 Å². The number of ketones is 2. The van der Waals surface area contributed by atoms with E-state index in [1.165, 1.54) is 0 Å². The van der Waals surface area contributed by atoms with Crippen LogP contribution in [0.15, 0.2) is 76.8 Å². The lowest BCUT2D eigenvalue weighted by molar-refractivity contribution is -0.123. The molecular formula is C41H44N2O9. The largest absolute Gasteiger partial charge is 0.507 e. The number of methoxy groups -OCH3 is 2. The summed E-state index contributed by atoms with van der Waals surface area (Å²) in [6.45, 7) is 4.22. The Morgan fingerprint density at radius 2 is 1.54 bits per heavy atom. The van der Waals surface area contributed by atoms with Gasteiger partial charge in [-0.05, 0) is 75.0 Å². The average Bonchev–Trinajstić information content (AvgIpc) is 3.55. The van der Waals surface area contributed by atoms with Crippen molar-refractivity contribution in [3.05, 3.63) is 111 Å². The summed E-state index contributed by atoms with van der Waals surface area (Å²) in [5.41, 5.74) is 3.86. The fraction of sp³-hybridized carbons (Fsp3) is 0.390. The zero-order valence-electron chi connectivity index (χ0n) is 30.3. The molecule has 0 aliphatic heterocycles. The molecule has 52 heavy (non-hydrogen) atoms. The molecule has 3 aromatic carbocycles. The van der Waals surface area contributed by atoms with Crippen LogP contribution in [0.1, 0.15) is 76.5 Å². The topological polar surface area (TPSA) is 130 Å². The molecule has 0 bridgehead atoms. The quantitative estimate of drug-likeness (QED) is 0.120. The van der Waals surface area contributed by atoms with Gasteiger partial charge >= 0.3 is 0 Å². The summed E-state index contributed by atoms with van der Waals surface area (Å²) < 4.78 is 36.2.